The van der Waals surface area contributed by atoms with E-state index in [0.717, 1.165) is 18.5 Å². The third kappa shape index (κ3) is 2.55. The van der Waals surface area contributed by atoms with E-state index >= 15 is 0 Å². The summed E-state index contributed by atoms with van der Waals surface area (Å²) in [5.41, 5.74) is 0.926. The van der Waals surface area contributed by atoms with Crippen LogP contribution in [0.1, 0.15) is 25.7 Å². The topological polar surface area (TPSA) is 40.6 Å². The Balaban J connectivity index is 1.68. The fourth-order valence-electron chi connectivity index (χ4n) is 2.84. The van der Waals surface area contributed by atoms with Crippen molar-refractivity contribution in [1.82, 2.24) is 4.90 Å². The molecule has 0 radical (unpaired) electrons. The predicted molar refractivity (Wildman–Crippen MR) is 77.3 cm³/mol. The lowest BCUT2D eigenvalue weighted by Gasteiger charge is -2.30. The maximum absolute atomic E-state index is 12.3. The Morgan fingerprint density at radius 2 is 1.80 bits per heavy atom. The van der Waals surface area contributed by atoms with Gasteiger partial charge in [0.25, 0.3) is 0 Å². The number of anilines is 1. The summed E-state index contributed by atoms with van der Waals surface area (Å²) in [6, 6.07) is 9.70. The lowest BCUT2D eigenvalue weighted by atomic mass is 9.84. The van der Waals surface area contributed by atoms with Crippen LogP contribution < -0.4 is 4.90 Å². The summed E-state index contributed by atoms with van der Waals surface area (Å²) in [5, 5.41) is 0. The zero-order valence-corrected chi connectivity index (χ0v) is 11.6. The fourth-order valence-corrected chi connectivity index (χ4v) is 2.84. The number of hydrogen-bond acceptors (Lipinski definition) is 2. The molecule has 4 heteroatoms. The first kappa shape index (κ1) is 13.2. The molecule has 4 nitrogen and oxygen atoms in total. The van der Waals surface area contributed by atoms with E-state index in [2.05, 4.69) is 0 Å². The third-order valence-corrected chi connectivity index (χ3v) is 4.32. The van der Waals surface area contributed by atoms with Crippen LogP contribution in [-0.2, 0) is 9.59 Å². The molecule has 3 rings (SSSR count). The van der Waals surface area contributed by atoms with Gasteiger partial charge in [-0.05, 0) is 25.0 Å². The van der Waals surface area contributed by atoms with Crippen molar-refractivity contribution in [1.29, 1.82) is 0 Å². The second-order valence-electron chi connectivity index (χ2n) is 5.58. The van der Waals surface area contributed by atoms with Crippen molar-refractivity contribution in [2.45, 2.75) is 25.7 Å². The molecule has 0 spiro atoms. The third-order valence-electron chi connectivity index (χ3n) is 4.32. The average molecular weight is 272 g/mol. The van der Waals surface area contributed by atoms with Crippen LogP contribution >= 0.6 is 0 Å². The van der Waals surface area contributed by atoms with Gasteiger partial charge in [-0.15, -0.1) is 0 Å². The first-order chi connectivity index (χ1) is 9.75. The van der Waals surface area contributed by atoms with Gasteiger partial charge in [0, 0.05) is 37.7 Å². The summed E-state index contributed by atoms with van der Waals surface area (Å²) >= 11 is 0. The van der Waals surface area contributed by atoms with Gasteiger partial charge in [0.05, 0.1) is 0 Å². The first-order valence-electron chi connectivity index (χ1n) is 7.40. The summed E-state index contributed by atoms with van der Waals surface area (Å²) in [7, 11) is 0. The van der Waals surface area contributed by atoms with Gasteiger partial charge >= 0.3 is 0 Å². The summed E-state index contributed by atoms with van der Waals surface area (Å²) in [6.07, 6.45) is 3.63. The molecule has 2 aliphatic rings. The fraction of sp³-hybridized carbons (Fsp3) is 0.500. The Kier molecular flexibility index (Phi) is 3.72. The summed E-state index contributed by atoms with van der Waals surface area (Å²) < 4.78 is 0. The maximum Gasteiger partial charge on any atom is 0.228 e. The molecule has 106 valence electrons. The van der Waals surface area contributed by atoms with Gasteiger partial charge in [0.2, 0.25) is 11.8 Å². The summed E-state index contributed by atoms with van der Waals surface area (Å²) in [6.45, 7) is 1.81. The second kappa shape index (κ2) is 5.65. The summed E-state index contributed by atoms with van der Waals surface area (Å²) in [4.78, 5) is 28.2. The molecule has 1 aliphatic carbocycles. The number of carbonyl (C=O) groups is 2. The van der Waals surface area contributed by atoms with Crippen molar-refractivity contribution < 1.29 is 9.59 Å². The maximum atomic E-state index is 12.3. The number of amides is 2. The molecule has 1 aromatic carbocycles. The number of benzene rings is 1. The number of hydrogen-bond donors (Lipinski definition) is 0. The molecule has 1 saturated carbocycles. The lowest BCUT2D eigenvalue weighted by molar-refractivity contribution is -0.137. The molecule has 2 fully saturated rings. The highest BCUT2D eigenvalue weighted by atomic mass is 16.2. The standard InChI is InChI=1S/C16H20N2O2/c19-15-9-10-17(16(20)13-5-4-6-13)11-12-18(15)14-7-2-1-3-8-14/h1-3,7-8,13H,4-6,9-12H2. The van der Waals surface area contributed by atoms with E-state index < -0.39 is 0 Å². The Morgan fingerprint density at radius 3 is 2.45 bits per heavy atom. The highest BCUT2D eigenvalue weighted by molar-refractivity contribution is 5.94. The molecular weight excluding hydrogens is 252 g/mol. The molecular formula is C16H20N2O2. The zero-order chi connectivity index (χ0) is 13.9. The Labute approximate surface area is 119 Å². The van der Waals surface area contributed by atoms with Crippen LogP contribution in [-0.4, -0.2) is 36.3 Å². The normalized spacial score (nSPS) is 20.5. The molecule has 20 heavy (non-hydrogen) atoms. The molecule has 0 atom stereocenters. The van der Waals surface area contributed by atoms with E-state index in [0.29, 0.717) is 26.1 Å². The number of para-hydroxylation sites is 1. The monoisotopic (exact) mass is 272 g/mol. The van der Waals surface area contributed by atoms with Crippen molar-refractivity contribution in [3.8, 4) is 0 Å². The van der Waals surface area contributed by atoms with E-state index in [4.69, 9.17) is 0 Å². The predicted octanol–water partition coefficient (Wildman–Crippen LogP) is 2.05. The minimum Gasteiger partial charge on any atom is -0.340 e. The van der Waals surface area contributed by atoms with Gasteiger partial charge in [-0.25, -0.2) is 0 Å². The molecule has 1 heterocycles. The van der Waals surface area contributed by atoms with Crippen LogP contribution in [0.25, 0.3) is 0 Å². The smallest absolute Gasteiger partial charge is 0.228 e. The van der Waals surface area contributed by atoms with Gasteiger partial charge in [0.1, 0.15) is 0 Å². The quantitative estimate of drug-likeness (QED) is 0.826. The van der Waals surface area contributed by atoms with Gasteiger partial charge in [-0.1, -0.05) is 24.6 Å². The Hall–Kier alpha value is -1.84. The number of rotatable bonds is 2. The first-order valence-corrected chi connectivity index (χ1v) is 7.40. The van der Waals surface area contributed by atoms with E-state index in [1.54, 1.807) is 4.90 Å². The molecule has 0 N–H and O–H groups in total. The largest absolute Gasteiger partial charge is 0.340 e. The van der Waals surface area contributed by atoms with Crippen LogP contribution in [0.3, 0.4) is 0 Å². The summed E-state index contributed by atoms with van der Waals surface area (Å²) in [5.74, 6) is 0.576. The van der Waals surface area contributed by atoms with E-state index in [1.807, 2.05) is 35.2 Å². The van der Waals surface area contributed by atoms with E-state index in [-0.39, 0.29) is 17.7 Å². The van der Waals surface area contributed by atoms with Gasteiger partial charge in [-0.2, -0.15) is 0 Å². The Morgan fingerprint density at radius 1 is 1.05 bits per heavy atom. The molecule has 0 aromatic heterocycles. The highest BCUT2D eigenvalue weighted by Crippen LogP contribution is 2.29. The van der Waals surface area contributed by atoms with Crippen LogP contribution in [0, 0.1) is 5.92 Å². The van der Waals surface area contributed by atoms with Crippen molar-refractivity contribution in [2.75, 3.05) is 24.5 Å². The lowest BCUT2D eigenvalue weighted by Crippen LogP contribution is -2.41. The molecule has 0 unspecified atom stereocenters. The van der Waals surface area contributed by atoms with Gasteiger partial charge in [-0.3, -0.25) is 9.59 Å². The van der Waals surface area contributed by atoms with E-state index in [9.17, 15) is 9.59 Å². The zero-order valence-electron chi connectivity index (χ0n) is 11.6. The van der Waals surface area contributed by atoms with Crippen LogP contribution in [0.15, 0.2) is 30.3 Å². The van der Waals surface area contributed by atoms with Crippen molar-refractivity contribution in [2.24, 2.45) is 5.92 Å². The minimum absolute atomic E-state index is 0.111. The number of carbonyl (C=O) groups excluding carboxylic acids is 2. The molecule has 0 bridgehead atoms. The van der Waals surface area contributed by atoms with Crippen LogP contribution in [0.5, 0.6) is 0 Å². The van der Waals surface area contributed by atoms with Crippen molar-refractivity contribution >= 4 is 17.5 Å². The second-order valence-corrected chi connectivity index (χ2v) is 5.58. The Bertz CT molecular complexity index is 496. The number of nitrogens with zero attached hydrogens (tertiary/aromatic N) is 2. The molecule has 2 amide bonds. The SMILES string of the molecule is O=C(C1CCC1)N1CCC(=O)N(c2ccccc2)CC1. The molecule has 1 saturated heterocycles. The van der Waals surface area contributed by atoms with Crippen molar-refractivity contribution in [3.05, 3.63) is 30.3 Å². The minimum atomic E-state index is 0.111. The van der Waals surface area contributed by atoms with Crippen LogP contribution in [0.2, 0.25) is 0 Å². The van der Waals surface area contributed by atoms with E-state index in [1.165, 1.54) is 6.42 Å². The average Bonchev–Trinajstić information content (AvgIpc) is 2.60. The molecule has 1 aromatic rings. The van der Waals surface area contributed by atoms with Gasteiger partial charge in [0.15, 0.2) is 0 Å². The van der Waals surface area contributed by atoms with Gasteiger partial charge < -0.3 is 9.80 Å². The highest BCUT2D eigenvalue weighted by Gasteiger charge is 2.31. The molecule has 1 aliphatic heterocycles. The van der Waals surface area contributed by atoms with Crippen LogP contribution in [0.4, 0.5) is 5.69 Å². The van der Waals surface area contributed by atoms with Crippen molar-refractivity contribution in [3.63, 3.8) is 0 Å².